The molecule has 0 bridgehead atoms. The lowest BCUT2D eigenvalue weighted by atomic mass is 9.91. The normalized spacial score (nSPS) is 21.1. The molecule has 1 fully saturated rings. The fourth-order valence-corrected chi connectivity index (χ4v) is 5.95. The van der Waals surface area contributed by atoms with E-state index in [1.165, 1.54) is 11.3 Å². The van der Waals surface area contributed by atoms with Gasteiger partial charge in [0.1, 0.15) is 11.2 Å². The molecule has 1 N–H and O–H groups in total. The van der Waals surface area contributed by atoms with Crippen molar-refractivity contribution >= 4 is 23.2 Å². The Kier molecular flexibility index (Phi) is 6.11. The van der Waals surface area contributed by atoms with Crippen LogP contribution in [0.1, 0.15) is 54.4 Å². The first-order valence-electron chi connectivity index (χ1n) is 12.0. The lowest BCUT2D eigenvalue weighted by Crippen LogP contribution is -2.65. The molecule has 33 heavy (non-hydrogen) atoms. The van der Waals surface area contributed by atoms with Crippen LogP contribution >= 0.6 is 11.3 Å². The summed E-state index contributed by atoms with van der Waals surface area (Å²) in [5.41, 5.74) is 1.75. The van der Waals surface area contributed by atoms with Crippen LogP contribution in [-0.4, -0.2) is 39.4 Å². The number of fused-ring (bicyclic) bond motifs is 1. The van der Waals surface area contributed by atoms with E-state index in [1.54, 1.807) is 11.3 Å². The summed E-state index contributed by atoms with van der Waals surface area (Å²) in [6, 6.07) is 18.3. The van der Waals surface area contributed by atoms with E-state index < -0.39 is 5.54 Å². The summed E-state index contributed by atoms with van der Waals surface area (Å²) in [4.78, 5) is 30.6. The van der Waals surface area contributed by atoms with Crippen molar-refractivity contribution < 1.29 is 9.59 Å². The fourth-order valence-electron chi connectivity index (χ4n) is 5.25. The summed E-state index contributed by atoms with van der Waals surface area (Å²) < 4.78 is 2.04. The van der Waals surface area contributed by atoms with E-state index in [4.69, 9.17) is 0 Å². The SMILES string of the molecule is CC1(C(=O)NC2CCCCC2)Cn2c(ccc2-c2ccccc2)C(=O)N1CCc1cccs1. The number of thiophene rings is 1. The topological polar surface area (TPSA) is 54.3 Å². The van der Waals surface area contributed by atoms with Crippen LogP contribution in [0.3, 0.4) is 0 Å². The summed E-state index contributed by atoms with van der Waals surface area (Å²) in [7, 11) is 0. The zero-order valence-corrected chi connectivity index (χ0v) is 19.9. The highest BCUT2D eigenvalue weighted by Gasteiger charge is 2.48. The van der Waals surface area contributed by atoms with Crippen molar-refractivity contribution in [3.05, 3.63) is 70.5 Å². The first-order valence-corrected chi connectivity index (χ1v) is 12.8. The molecule has 1 atom stereocenters. The number of rotatable bonds is 6. The minimum absolute atomic E-state index is 0.0349. The predicted molar refractivity (Wildman–Crippen MR) is 132 cm³/mol. The van der Waals surface area contributed by atoms with E-state index >= 15 is 0 Å². The van der Waals surface area contributed by atoms with Crippen molar-refractivity contribution in [3.63, 3.8) is 0 Å². The molecule has 2 aromatic heterocycles. The van der Waals surface area contributed by atoms with Crippen molar-refractivity contribution in [2.75, 3.05) is 6.54 Å². The van der Waals surface area contributed by atoms with Crippen LogP contribution in [0.4, 0.5) is 0 Å². The van der Waals surface area contributed by atoms with Gasteiger partial charge in [-0.1, -0.05) is 55.7 Å². The first-order chi connectivity index (χ1) is 16.1. The zero-order chi connectivity index (χ0) is 22.8. The summed E-state index contributed by atoms with van der Waals surface area (Å²) in [5.74, 6) is -0.103. The van der Waals surface area contributed by atoms with E-state index in [0.29, 0.717) is 18.8 Å². The molecule has 6 heteroatoms. The van der Waals surface area contributed by atoms with E-state index in [9.17, 15) is 9.59 Å². The lowest BCUT2D eigenvalue weighted by molar-refractivity contribution is -0.133. The second-order valence-electron chi connectivity index (χ2n) is 9.42. The van der Waals surface area contributed by atoms with Crippen LogP contribution < -0.4 is 5.32 Å². The van der Waals surface area contributed by atoms with Crippen molar-refractivity contribution in [1.82, 2.24) is 14.8 Å². The van der Waals surface area contributed by atoms with Gasteiger partial charge in [-0.05, 0) is 55.3 Å². The Balaban J connectivity index is 1.49. The molecule has 0 spiro atoms. The minimum atomic E-state index is -0.943. The Morgan fingerprint density at radius 2 is 1.79 bits per heavy atom. The van der Waals surface area contributed by atoms with Gasteiger partial charge in [0.05, 0.1) is 6.54 Å². The molecule has 1 saturated carbocycles. The van der Waals surface area contributed by atoms with Crippen LogP contribution in [-0.2, 0) is 17.8 Å². The van der Waals surface area contributed by atoms with Gasteiger partial charge in [-0.25, -0.2) is 0 Å². The molecule has 1 unspecified atom stereocenters. The average Bonchev–Trinajstić information content (AvgIpc) is 3.50. The third-order valence-electron chi connectivity index (χ3n) is 7.17. The molecular formula is C27H31N3O2S. The van der Waals surface area contributed by atoms with Crippen molar-refractivity contribution in [2.24, 2.45) is 0 Å². The second-order valence-corrected chi connectivity index (χ2v) is 10.5. The molecule has 5 nitrogen and oxygen atoms in total. The minimum Gasteiger partial charge on any atom is -0.351 e. The number of carbonyl (C=O) groups excluding carboxylic acids is 2. The zero-order valence-electron chi connectivity index (χ0n) is 19.1. The molecule has 2 amide bonds. The van der Waals surface area contributed by atoms with Crippen LogP contribution in [0, 0.1) is 0 Å². The van der Waals surface area contributed by atoms with E-state index in [-0.39, 0.29) is 17.9 Å². The Morgan fingerprint density at radius 1 is 1.03 bits per heavy atom. The van der Waals surface area contributed by atoms with Crippen molar-refractivity contribution in [1.29, 1.82) is 0 Å². The fraction of sp³-hybridized carbons (Fsp3) is 0.407. The number of carbonyl (C=O) groups is 2. The highest BCUT2D eigenvalue weighted by molar-refractivity contribution is 7.09. The molecular weight excluding hydrogens is 430 g/mol. The van der Waals surface area contributed by atoms with Crippen molar-refractivity contribution in [2.45, 2.75) is 63.6 Å². The molecule has 2 aliphatic rings. The molecule has 0 radical (unpaired) electrons. The van der Waals surface area contributed by atoms with Crippen LogP contribution in [0.5, 0.6) is 0 Å². The van der Waals surface area contributed by atoms with Gasteiger partial charge in [-0.15, -0.1) is 11.3 Å². The Bertz CT molecular complexity index is 1120. The van der Waals surface area contributed by atoms with Gasteiger partial charge >= 0.3 is 0 Å². The quantitative estimate of drug-likeness (QED) is 0.554. The second kappa shape index (κ2) is 9.18. The Labute approximate surface area is 199 Å². The monoisotopic (exact) mass is 461 g/mol. The van der Waals surface area contributed by atoms with Gasteiger partial charge in [0, 0.05) is 23.2 Å². The molecule has 3 heterocycles. The van der Waals surface area contributed by atoms with Gasteiger partial charge in [-0.2, -0.15) is 0 Å². The summed E-state index contributed by atoms with van der Waals surface area (Å²) in [6.45, 7) is 2.92. The summed E-state index contributed by atoms with van der Waals surface area (Å²) in [6.07, 6.45) is 6.35. The average molecular weight is 462 g/mol. The van der Waals surface area contributed by atoms with Gasteiger partial charge in [0.15, 0.2) is 0 Å². The van der Waals surface area contributed by atoms with Gasteiger partial charge < -0.3 is 14.8 Å². The summed E-state index contributed by atoms with van der Waals surface area (Å²) >= 11 is 1.69. The molecule has 172 valence electrons. The molecule has 5 rings (SSSR count). The van der Waals surface area contributed by atoms with Gasteiger partial charge in [-0.3, -0.25) is 9.59 Å². The third-order valence-corrected chi connectivity index (χ3v) is 8.10. The lowest BCUT2D eigenvalue weighted by Gasteiger charge is -2.45. The van der Waals surface area contributed by atoms with Gasteiger partial charge in [0.25, 0.3) is 5.91 Å². The Hall–Kier alpha value is -2.86. The number of nitrogens with zero attached hydrogens (tertiary/aromatic N) is 2. The number of benzene rings is 1. The van der Waals surface area contributed by atoms with Gasteiger partial charge in [0.2, 0.25) is 5.91 Å². The van der Waals surface area contributed by atoms with Crippen LogP contribution in [0.2, 0.25) is 0 Å². The summed E-state index contributed by atoms with van der Waals surface area (Å²) in [5, 5.41) is 5.37. The highest BCUT2D eigenvalue weighted by Crippen LogP contribution is 2.34. The number of aromatic nitrogens is 1. The maximum absolute atomic E-state index is 13.8. The van der Waals surface area contributed by atoms with Crippen LogP contribution in [0.15, 0.2) is 60.0 Å². The largest absolute Gasteiger partial charge is 0.351 e. The third kappa shape index (κ3) is 4.24. The molecule has 1 aromatic carbocycles. The van der Waals surface area contributed by atoms with Crippen molar-refractivity contribution in [3.8, 4) is 11.3 Å². The number of amides is 2. The predicted octanol–water partition coefficient (Wildman–Crippen LogP) is 5.12. The molecule has 1 aliphatic heterocycles. The maximum Gasteiger partial charge on any atom is 0.271 e. The van der Waals surface area contributed by atoms with E-state index in [0.717, 1.165) is 43.4 Å². The smallest absolute Gasteiger partial charge is 0.271 e. The van der Waals surface area contributed by atoms with E-state index in [2.05, 4.69) is 28.9 Å². The van der Waals surface area contributed by atoms with Crippen LogP contribution in [0.25, 0.3) is 11.3 Å². The highest BCUT2D eigenvalue weighted by atomic mass is 32.1. The van der Waals surface area contributed by atoms with E-state index in [1.807, 2.05) is 52.8 Å². The number of hydrogen-bond donors (Lipinski definition) is 1. The Morgan fingerprint density at radius 3 is 2.52 bits per heavy atom. The standard InChI is InChI=1S/C27H31N3O2S/c1-27(26(32)28-21-11-6-3-7-12-21)19-29-23(20-9-4-2-5-10-20)14-15-24(29)25(31)30(27)17-16-22-13-8-18-33-22/h2,4-5,8-10,13-15,18,21H,3,6-7,11-12,16-17,19H2,1H3,(H,28,32). The first kappa shape index (κ1) is 22.0. The number of hydrogen-bond acceptors (Lipinski definition) is 3. The maximum atomic E-state index is 13.8. The number of nitrogens with one attached hydrogen (secondary N) is 1. The molecule has 0 saturated heterocycles. The molecule has 3 aromatic rings. The molecule has 1 aliphatic carbocycles.